The minimum Gasteiger partial charge on any atom is -0.444 e. The fraction of sp³-hybridized carbons (Fsp3) is 0.409. The summed E-state index contributed by atoms with van der Waals surface area (Å²) in [6, 6.07) is 14.1. The molecule has 2 aliphatic heterocycles. The van der Waals surface area contributed by atoms with E-state index in [9.17, 15) is 49.0 Å². The third kappa shape index (κ3) is 8.54. The molecule has 1 atom stereocenters. The second-order valence-electron chi connectivity index (χ2n) is 16.7. The molecule has 18 nitrogen and oxygen atoms in total. The SMILES string of the molecule is CCN(CCCN(CCN1C(=O)c2cccc3ccc([N+](=O)[O-])c(c23)C1=O)C(=O)[C@@H](C(C)C)N(C)C(=O)OC(C)(C)C)CCN1C(=O)c2cccc3ccc([N+](=O)[O-])c(c23)C1=O. The molecule has 6 amide bonds. The van der Waals surface area contributed by atoms with E-state index < -0.39 is 74.4 Å². The van der Waals surface area contributed by atoms with Gasteiger partial charge in [-0.3, -0.25) is 58.9 Å². The normalized spacial score (nSPS) is 14.3. The standard InChI is InChI=1S/C44H49N7O11/c1-8-46(22-24-48-38(52)29-14-9-12-27-16-18-31(50(58)59)35(33(27)29)40(48)54)20-11-21-47(42(56)37(26(2)3)45(7)43(57)62-44(4,5)6)23-25-49-39(53)30-15-10-13-28-17-19-32(51(60)61)36(34(28)30)41(49)55/h9-10,12-19,26,37H,8,11,20-25H2,1-7H3/t37-/m1/s1. The van der Waals surface area contributed by atoms with Gasteiger partial charge in [0, 0.05) is 73.8 Å². The van der Waals surface area contributed by atoms with Gasteiger partial charge in [-0.1, -0.05) is 45.0 Å². The fourth-order valence-electron chi connectivity index (χ4n) is 8.22. The number of hydrogen-bond acceptors (Lipinski definition) is 12. The largest absolute Gasteiger partial charge is 0.444 e. The number of likely N-dealkylation sites (N-methyl/N-ethyl adjacent to an activating group) is 2. The predicted octanol–water partition coefficient (Wildman–Crippen LogP) is 6.13. The quantitative estimate of drug-likeness (QED) is 0.0707. The molecule has 0 saturated carbocycles. The Kier molecular flexibility index (Phi) is 12.7. The molecule has 62 heavy (non-hydrogen) atoms. The molecule has 4 aromatic rings. The van der Waals surface area contributed by atoms with Gasteiger partial charge in [0.1, 0.15) is 22.8 Å². The van der Waals surface area contributed by atoms with Crippen molar-refractivity contribution < 1.29 is 43.4 Å². The minimum absolute atomic E-state index is 0.0758. The summed E-state index contributed by atoms with van der Waals surface area (Å²) in [7, 11) is 1.46. The van der Waals surface area contributed by atoms with Crippen molar-refractivity contribution in [2.75, 3.05) is 52.9 Å². The van der Waals surface area contributed by atoms with E-state index in [2.05, 4.69) is 0 Å². The number of ether oxygens (including phenoxy) is 1. The Morgan fingerprint density at radius 1 is 0.710 bits per heavy atom. The highest BCUT2D eigenvalue weighted by molar-refractivity contribution is 6.28. The number of nitro groups is 2. The maximum atomic E-state index is 14.6. The third-order valence-electron chi connectivity index (χ3n) is 11.2. The first-order chi connectivity index (χ1) is 29.3. The van der Waals surface area contributed by atoms with Gasteiger partial charge in [0.25, 0.3) is 35.0 Å². The van der Waals surface area contributed by atoms with Crippen LogP contribution < -0.4 is 0 Å². The molecule has 6 rings (SSSR count). The monoisotopic (exact) mass is 851 g/mol. The van der Waals surface area contributed by atoms with Crippen LogP contribution in [0.25, 0.3) is 21.5 Å². The summed E-state index contributed by atoms with van der Waals surface area (Å²) in [4.78, 5) is 112. The lowest BCUT2D eigenvalue weighted by Crippen LogP contribution is -2.55. The molecule has 0 N–H and O–H groups in total. The average Bonchev–Trinajstić information content (AvgIpc) is 3.21. The molecule has 2 heterocycles. The minimum atomic E-state index is -1.03. The van der Waals surface area contributed by atoms with Crippen LogP contribution in [0.2, 0.25) is 0 Å². The molecule has 18 heteroatoms. The second kappa shape index (κ2) is 17.6. The lowest BCUT2D eigenvalue weighted by molar-refractivity contribution is -0.385. The molecule has 0 unspecified atom stereocenters. The van der Waals surface area contributed by atoms with Crippen molar-refractivity contribution in [1.29, 1.82) is 0 Å². The molecular formula is C44H49N7O11. The number of imide groups is 2. The van der Waals surface area contributed by atoms with E-state index in [-0.39, 0.29) is 65.8 Å². The van der Waals surface area contributed by atoms with Crippen LogP contribution in [-0.2, 0) is 9.53 Å². The van der Waals surface area contributed by atoms with E-state index in [0.717, 1.165) is 9.80 Å². The van der Waals surface area contributed by atoms with Crippen LogP contribution in [0.1, 0.15) is 89.4 Å². The molecular weight excluding hydrogens is 803 g/mol. The Morgan fingerprint density at radius 2 is 1.19 bits per heavy atom. The van der Waals surface area contributed by atoms with Gasteiger partial charge in [-0.05, 0) is 81.2 Å². The van der Waals surface area contributed by atoms with E-state index in [1.54, 1.807) is 58.9 Å². The lowest BCUT2D eigenvalue weighted by atomic mass is 9.92. The molecule has 0 saturated heterocycles. The molecule has 0 spiro atoms. The zero-order valence-corrected chi connectivity index (χ0v) is 35.7. The highest BCUT2D eigenvalue weighted by atomic mass is 16.6. The number of nitro benzene ring substituents is 2. The van der Waals surface area contributed by atoms with Gasteiger partial charge in [-0.25, -0.2) is 4.79 Å². The Labute approximate surface area is 357 Å². The van der Waals surface area contributed by atoms with Crippen LogP contribution in [0.5, 0.6) is 0 Å². The van der Waals surface area contributed by atoms with E-state index >= 15 is 0 Å². The van der Waals surface area contributed by atoms with Crippen molar-refractivity contribution >= 4 is 68.5 Å². The van der Waals surface area contributed by atoms with Crippen LogP contribution in [0.15, 0.2) is 60.7 Å². The van der Waals surface area contributed by atoms with E-state index in [4.69, 9.17) is 4.74 Å². The molecule has 0 bridgehead atoms. The van der Waals surface area contributed by atoms with Crippen molar-refractivity contribution in [2.24, 2.45) is 5.92 Å². The van der Waals surface area contributed by atoms with Gasteiger partial charge < -0.3 is 14.5 Å². The summed E-state index contributed by atoms with van der Waals surface area (Å²) in [5.74, 6) is -3.77. The van der Waals surface area contributed by atoms with Gasteiger partial charge in [0.05, 0.1) is 9.85 Å². The number of carbonyl (C=O) groups is 6. The van der Waals surface area contributed by atoms with E-state index in [1.807, 2.05) is 11.8 Å². The first kappa shape index (κ1) is 44.7. The van der Waals surface area contributed by atoms with Crippen LogP contribution in [0, 0.1) is 26.1 Å². The summed E-state index contributed by atoms with van der Waals surface area (Å²) in [6.45, 7) is 11.0. The Bertz CT molecular complexity index is 2530. The maximum absolute atomic E-state index is 14.6. The Hall–Kier alpha value is -6.82. The Morgan fingerprint density at radius 3 is 1.63 bits per heavy atom. The van der Waals surface area contributed by atoms with E-state index in [0.29, 0.717) is 30.3 Å². The fourth-order valence-corrected chi connectivity index (χ4v) is 8.22. The number of benzene rings is 4. The van der Waals surface area contributed by atoms with E-state index in [1.165, 1.54) is 53.2 Å². The zero-order valence-electron chi connectivity index (χ0n) is 35.7. The Balaban J connectivity index is 1.22. The molecule has 2 aliphatic rings. The summed E-state index contributed by atoms with van der Waals surface area (Å²) < 4.78 is 5.58. The van der Waals surface area contributed by atoms with Gasteiger partial charge in [-0.15, -0.1) is 0 Å². The molecule has 326 valence electrons. The molecule has 0 fully saturated rings. The number of rotatable bonds is 16. The number of hydrogen-bond donors (Lipinski definition) is 0. The smallest absolute Gasteiger partial charge is 0.410 e. The third-order valence-corrected chi connectivity index (χ3v) is 11.2. The lowest BCUT2D eigenvalue weighted by Gasteiger charge is -2.37. The molecule has 0 radical (unpaired) electrons. The average molecular weight is 852 g/mol. The van der Waals surface area contributed by atoms with Gasteiger partial charge in [0.2, 0.25) is 5.91 Å². The first-order valence-electron chi connectivity index (χ1n) is 20.4. The maximum Gasteiger partial charge on any atom is 0.410 e. The summed E-state index contributed by atoms with van der Waals surface area (Å²) in [5, 5.41) is 25.5. The summed E-state index contributed by atoms with van der Waals surface area (Å²) in [6.07, 6.45) is -0.406. The molecule has 0 aromatic heterocycles. The second-order valence-corrected chi connectivity index (χ2v) is 16.7. The zero-order chi connectivity index (χ0) is 45.4. The number of amides is 6. The topological polar surface area (TPSA) is 214 Å². The highest BCUT2D eigenvalue weighted by Crippen LogP contribution is 2.37. The first-order valence-corrected chi connectivity index (χ1v) is 20.4. The number of carbonyl (C=O) groups excluding carboxylic acids is 6. The van der Waals surface area contributed by atoms with Crippen LogP contribution in [0.3, 0.4) is 0 Å². The van der Waals surface area contributed by atoms with Crippen molar-refractivity contribution in [1.82, 2.24) is 24.5 Å². The van der Waals surface area contributed by atoms with Crippen molar-refractivity contribution in [3.63, 3.8) is 0 Å². The van der Waals surface area contributed by atoms with Crippen molar-refractivity contribution in [3.05, 3.63) is 103 Å². The van der Waals surface area contributed by atoms with Gasteiger partial charge >= 0.3 is 6.09 Å². The van der Waals surface area contributed by atoms with Gasteiger partial charge in [-0.2, -0.15) is 0 Å². The van der Waals surface area contributed by atoms with Gasteiger partial charge in [0.15, 0.2) is 0 Å². The summed E-state index contributed by atoms with van der Waals surface area (Å²) in [5.41, 5.74) is -1.76. The van der Waals surface area contributed by atoms with Crippen LogP contribution in [-0.4, -0.2) is 134 Å². The molecule has 4 aromatic carbocycles. The molecule has 0 aliphatic carbocycles. The predicted molar refractivity (Wildman–Crippen MR) is 228 cm³/mol. The van der Waals surface area contributed by atoms with Crippen molar-refractivity contribution in [3.8, 4) is 0 Å². The van der Waals surface area contributed by atoms with Crippen LogP contribution >= 0.6 is 0 Å². The van der Waals surface area contributed by atoms with Crippen LogP contribution in [0.4, 0.5) is 16.2 Å². The highest BCUT2D eigenvalue weighted by Gasteiger charge is 2.41. The summed E-state index contributed by atoms with van der Waals surface area (Å²) >= 11 is 0. The van der Waals surface area contributed by atoms with Crippen molar-refractivity contribution in [2.45, 2.75) is 59.6 Å². The number of nitrogens with zero attached hydrogens (tertiary/aromatic N) is 7.